The highest BCUT2D eigenvalue weighted by Gasteiger charge is 2.64. The third kappa shape index (κ3) is 11.6. The molecule has 1 saturated carbocycles. The standard InChI is InChI=1S/C49H68N4O13S/c1-27-12-11-13-39(63-10)49(61)25-37(64-47(60)50-49)29(3)44-48(6,66-44)40(24-42(56)52(8)35-21-33(20-27)22-36(62-9)28(35)2)65-46(59)30(4)51(7)41(55)18-19-67-38-23-43(57)53(45(38)58)26-32-14-16-34(17-15-32)31(5)54/h11-13,21-22,29-30,32,34,37-40,44,61H,14-20,23-26H2,1-10H3,(H,50,60)/b13-11+,27-12+/t29-,30+,32?,34?,37+,38?,39-,40+,44+,48+,49+/m1/s1. The van der Waals surface area contributed by atoms with E-state index in [2.05, 4.69) is 5.32 Å². The van der Waals surface area contributed by atoms with Crippen molar-refractivity contribution in [1.82, 2.24) is 15.1 Å². The third-order valence-corrected chi connectivity index (χ3v) is 15.7. The minimum Gasteiger partial charge on any atom is -0.496 e. The number of thioether (sulfide) groups is 1. The molecule has 3 saturated heterocycles. The molecule has 1 aromatic rings. The molecule has 18 heteroatoms. The molecule has 4 fully saturated rings. The number of esters is 1. The number of ketones is 1. The molecule has 4 aliphatic heterocycles. The molecular weight excluding hydrogens is 885 g/mol. The number of epoxide rings is 1. The largest absolute Gasteiger partial charge is 0.496 e. The number of carbonyl (C=O) groups is 7. The van der Waals surface area contributed by atoms with Crippen molar-refractivity contribution in [2.24, 2.45) is 17.8 Å². The molecule has 4 heterocycles. The van der Waals surface area contributed by atoms with Crippen LogP contribution in [0.4, 0.5) is 10.5 Å². The first-order valence-corrected chi connectivity index (χ1v) is 24.3. The Bertz CT molecular complexity index is 2160. The van der Waals surface area contributed by atoms with Crippen LogP contribution in [0.3, 0.4) is 0 Å². The lowest BCUT2D eigenvalue weighted by Gasteiger charge is -2.42. The van der Waals surface area contributed by atoms with Gasteiger partial charge in [0.05, 0.1) is 30.6 Å². The predicted octanol–water partition coefficient (Wildman–Crippen LogP) is 4.82. The number of alkyl carbamates (subject to hydrolysis) is 1. The highest BCUT2D eigenvalue weighted by atomic mass is 32.2. The van der Waals surface area contributed by atoms with E-state index in [0.29, 0.717) is 24.4 Å². The molecular formula is C49H68N4O13S. The van der Waals surface area contributed by atoms with Gasteiger partial charge in [-0.15, -0.1) is 11.8 Å². The Hall–Kier alpha value is -4.78. The Morgan fingerprint density at radius 3 is 2.42 bits per heavy atom. The normalized spacial score (nSPS) is 33.1. The van der Waals surface area contributed by atoms with Gasteiger partial charge in [0.15, 0.2) is 5.72 Å². The Kier molecular flexibility index (Phi) is 16.4. The van der Waals surface area contributed by atoms with Crippen molar-refractivity contribution in [3.63, 3.8) is 0 Å². The maximum absolute atomic E-state index is 14.4. The van der Waals surface area contributed by atoms with Crippen molar-refractivity contribution in [2.45, 2.75) is 146 Å². The number of nitrogens with zero attached hydrogens (tertiary/aromatic N) is 3. The number of Topliss-reactive ketones (excluding diaryl/α,β-unsaturated/α-hetero) is 1. The molecule has 1 unspecified atom stereocenters. The van der Waals surface area contributed by atoms with Crippen LogP contribution in [0.2, 0.25) is 0 Å². The maximum Gasteiger partial charge on any atom is 0.409 e. The first-order valence-electron chi connectivity index (χ1n) is 23.2. The van der Waals surface area contributed by atoms with Gasteiger partial charge < -0.3 is 38.6 Å². The van der Waals surface area contributed by atoms with Gasteiger partial charge in [0.25, 0.3) is 0 Å². The zero-order chi connectivity index (χ0) is 49.1. The summed E-state index contributed by atoms with van der Waals surface area (Å²) in [6, 6.07) is 2.72. The van der Waals surface area contributed by atoms with Gasteiger partial charge in [0.2, 0.25) is 23.6 Å². The van der Waals surface area contributed by atoms with E-state index < -0.39 is 70.9 Å². The Labute approximate surface area is 397 Å². The maximum atomic E-state index is 14.4. The van der Waals surface area contributed by atoms with Crippen LogP contribution in [-0.2, 0) is 54.1 Å². The van der Waals surface area contributed by atoms with Gasteiger partial charge >= 0.3 is 12.1 Å². The summed E-state index contributed by atoms with van der Waals surface area (Å²) in [6.07, 6.45) is 3.96. The van der Waals surface area contributed by atoms with Crippen LogP contribution >= 0.6 is 11.8 Å². The molecule has 9 atom stereocenters. The monoisotopic (exact) mass is 952 g/mol. The number of likely N-dealkylation sites (N-methyl/N-ethyl adjacent to an activating group) is 1. The molecule has 5 aliphatic rings. The fraction of sp³-hybridized carbons (Fsp3) is 0.653. The van der Waals surface area contributed by atoms with Crippen molar-refractivity contribution in [3.8, 4) is 5.75 Å². The molecule has 6 rings (SSSR count). The number of ether oxygens (including phenoxy) is 5. The molecule has 368 valence electrons. The van der Waals surface area contributed by atoms with E-state index in [1.807, 2.05) is 32.1 Å². The van der Waals surface area contributed by atoms with Gasteiger partial charge in [-0.2, -0.15) is 0 Å². The summed E-state index contributed by atoms with van der Waals surface area (Å²) in [5.41, 5.74) is 0.00346. The lowest BCUT2D eigenvalue weighted by atomic mass is 9.80. The molecule has 1 aliphatic carbocycles. The van der Waals surface area contributed by atoms with E-state index in [9.17, 15) is 38.7 Å². The number of allylic oxidation sites excluding steroid dienone is 3. The zero-order valence-corrected chi connectivity index (χ0v) is 41.3. The van der Waals surface area contributed by atoms with Gasteiger partial charge in [0.1, 0.15) is 41.5 Å². The van der Waals surface area contributed by atoms with Gasteiger partial charge in [-0.05, 0) is 90.3 Å². The number of hydrogen-bond donors (Lipinski definition) is 2. The summed E-state index contributed by atoms with van der Waals surface area (Å²) in [6.45, 7) is 10.8. The van der Waals surface area contributed by atoms with Crippen LogP contribution in [0.1, 0.15) is 97.1 Å². The number of fused-ring (bicyclic) bond motifs is 5. The number of imide groups is 1. The van der Waals surface area contributed by atoms with Crippen molar-refractivity contribution in [3.05, 3.63) is 47.1 Å². The summed E-state index contributed by atoms with van der Waals surface area (Å²) < 4.78 is 29.6. The molecule has 67 heavy (non-hydrogen) atoms. The van der Waals surface area contributed by atoms with Gasteiger partial charge in [-0.25, -0.2) is 9.59 Å². The Balaban J connectivity index is 1.16. The van der Waals surface area contributed by atoms with Crippen molar-refractivity contribution in [1.29, 1.82) is 0 Å². The third-order valence-electron chi connectivity index (χ3n) is 14.5. The summed E-state index contributed by atoms with van der Waals surface area (Å²) in [7, 11) is 6.10. The molecule has 0 spiro atoms. The van der Waals surface area contributed by atoms with Gasteiger partial charge in [0, 0.05) is 70.2 Å². The van der Waals surface area contributed by atoms with Gasteiger partial charge in [-0.1, -0.05) is 30.7 Å². The van der Waals surface area contributed by atoms with Crippen LogP contribution in [-0.4, -0.2) is 144 Å². The van der Waals surface area contributed by atoms with E-state index in [4.69, 9.17) is 23.7 Å². The number of likely N-dealkylation sites (tertiary alicyclic amines) is 1. The van der Waals surface area contributed by atoms with E-state index in [1.54, 1.807) is 47.1 Å². The Morgan fingerprint density at radius 1 is 1.06 bits per heavy atom. The minimum atomic E-state index is -1.85. The Morgan fingerprint density at radius 2 is 1.76 bits per heavy atom. The van der Waals surface area contributed by atoms with E-state index in [0.717, 1.165) is 42.4 Å². The van der Waals surface area contributed by atoms with E-state index in [-0.39, 0.29) is 66.8 Å². The van der Waals surface area contributed by atoms with E-state index >= 15 is 0 Å². The summed E-state index contributed by atoms with van der Waals surface area (Å²) in [5, 5.41) is 13.8. The number of hydrogen-bond acceptors (Lipinski definition) is 14. The van der Waals surface area contributed by atoms with Crippen LogP contribution in [0, 0.1) is 24.7 Å². The number of amides is 5. The number of anilines is 1. The molecule has 1 aromatic carbocycles. The molecule has 17 nitrogen and oxygen atoms in total. The fourth-order valence-corrected chi connectivity index (χ4v) is 11.0. The number of carbonyl (C=O) groups excluding carboxylic acids is 7. The number of methoxy groups -OCH3 is 2. The highest BCUT2D eigenvalue weighted by Crippen LogP contribution is 2.49. The molecule has 5 amide bonds. The second-order valence-corrected chi connectivity index (χ2v) is 20.5. The predicted molar refractivity (Wildman–Crippen MR) is 249 cm³/mol. The second kappa shape index (κ2) is 21.2. The number of aliphatic hydroxyl groups is 1. The topological polar surface area (TPSA) is 211 Å². The minimum absolute atomic E-state index is 0.0167. The average molecular weight is 953 g/mol. The SMILES string of the molecule is COc1cc2cc(c1C)N(C)C(=O)C[C@H](OC(=O)[C@H](C)N(C)C(=O)CCSC1CC(=O)N(CC3CCC(C(C)=O)CC3)C1=O)[C@]1(C)O[C@H]1[C@H](C)[C@@H]1C[C@@](O)(NC(=O)O1)[C@H](OC)/C=C/C=C(\C)C2. The molecule has 0 aromatic heterocycles. The smallest absolute Gasteiger partial charge is 0.409 e. The first-order chi connectivity index (χ1) is 31.6. The van der Waals surface area contributed by atoms with Crippen LogP contribution < -0.4 is 15.0 Å². The lowest BCUT2D eigenvalue weighted by molar-refractivity contribution is -0.162. The zero-order valence-electron chi connectivity index (χ0n) is 40.5. The molecule has 2 N–H and O–H groups in total. The summed E-state index contributed by atoms with van der Waals surface area (Å²) in [4.78, 5) is 97.1. The van der Waals surface area contributed by atoms with Crippen molar-refractivity contribution >= 4 is 58.9 Å². The summed E-state index contributed by atoms with van der Waals surface area (Å²) >= 11 is 1.24. The van der Waals surface area contributed by atoms with Crippen LogP contribution in [0.25, 0.3) is 0 Å². The number of rotatable bonds is 12. The first kappa shape index (κ1) is 51.6. The van der Waals surface area contributed by atoms with E-state index in [1.165, 1.54) is 47.5 Å². The fourth-order valence-electron chi connectivity index (χ4n) is 9.93. The second-order valence-electron chi connectivity index (χ2n) is 19.2. The van der Waals surface area contributed by atoms with Crippen molar-refractivity contribution in [2.75, 3.05) is 45.5 Å². The van der Waals surface area contributed by atoms with Crippen LogP contribution in [0.15, 0.2) is 35.9 Å². The highest BCUT2D eigenvalue weighted by molar-refractivity contribution is 8.00. The van der Waals surface area contributed by atoms with Gasteiger partial charge in [-0.3, -0.25) is 34.2 Å². The number of nitrogens with one attached hydrogen (secondary N) is 1. The van der Waals surface area contributed by atoms with Crippen LogP contribution in [0.5, 0.6) is 5.75 Å². The lowest BCUT2D eigenvalue weighted by Crippen LogP contribution is -2.63. The molecule has 0 radical (unpaired) electrons. The average Bonchev–Trinajstić information content (AvgIpc) is 3.91. The quantitative estimate of drug-likeness (QED) is 0.164. The number of benzene rings is 1. The molecule has 4 bridgehead atoms. The summed E-state index contributed by atoms with van der Waals surface area (Å²) in [5.74, 6) is -1.43. The van der Waals surface area contributed by atoms with Crippen molar-refractivity contribution < 1.29 is 62.4 Å².